The van der Waals surface area contributed by atoms with Crippen molar-refractivity contribution in [3.63, 3.8) is 0 Å². The fraction of sp³-hybridized carbons (Fsp3) is 0.857. The second kappa shape index (κ2) is 6.43. The van der Waals surface area contributed by atoms with Crippen molar-refractivity contribution >= 4 is 12.0 Å². The van der Waals surface area contributed by atoms with Crippen LogP contribution in [0.2, 0.25) is 0 Å². The largest absolute Gasteiger partial charge is 0.480 e. The van der Waals surface area contributed by atoms with Crippen molar-refractivity contribution in [2.45, 2.75) is 45.3 Å². The van der Waals surface area contributed by atoms with Gasteiger partial charge in [0.05, 0.1) is 6.10 Å². The number of likely N-dealkylation sites (tertiary alicyclic amines) is 1. The van der Waals surface area contributed by atoms with Crippen LogP contribution in [0.4, 0.5) is 4.79 Å². The van der Waals surface area contributed by atoms with Gasteiger partial charge in [-0.2, -0.15) is 0 Å². The molecule has 2 rings (SSSR count). The molecule has 0 bridgehead atoms. The Hall–Kier alpha value is -1.30. The van der Waals surface area contributed by atoms with Gasteiger partial charge in [-0.1, -0.05) is 6.92 Å². The Morgan fingerprint density at radius 1 is 1.20 bits per heavy atom. The number of amides is 2. The van der Waals surface area contributed by atoms with E-state index in [1.54, 1.807) is 4.90 Å². The van der Waals surface area contributed by atoms with Gasteiger partial charge in [-0.05, 0) is 32.1 Å². The summed E-state index contributed by atoms with van der Waals surface area (Å²) in [6.07, 6.45) is 2.54. The molecule has 3 unspecified atom stereocenters. The number of piperidine rings is 1. The maximum atomic E-state index is 12.6. The first-order valence-corrected chi connectivity index (χ1v) is 7.40. The van der Waals surface area contributed by atoms with E-state index in [0.717, 1.165) is 19.3 Å². The van der Waals surface area contributed by atoms with Gasteiger partial charge in [-0.15, -0.1) is 0 Å². The van der Waals surface area contributed by atoms with Gasteiger partial charge in [0.15, 0.2) is 0 Å². The predicted octanol–water partition coefficient (Wildman–Crippen LogP) is 1.40. The van der Waals surface area contributed by atoms with Crippen LogP contribution in [0.5, 0.6) is 0 Å². The maximum Gasteiger partial charge on any atom is 0.326 e. The highest BCUT2D eigenvalue weighted by molar-refractivity contribution is 5.83. The van der Waals surface area contributed by atoms with Crippen molar-refractivity contribution in [2.24, 2.45) is 5.92 Å². The Balaban J connectivity index is 2.10. The van der Waals surface area contributed by atoms with Crippen molar-refractivity contribution in [2.75, 3.05) is 26.2 Å². The summed E-state index contributed by atoms with van der Waals surface area (Å²) in [4.78, 5) is 27.4. The number of nitrogens with zero attached hydrogens (tertiary/aromatic N) is 2. The van der Waals surface area contributed by atoms with E-state index in [9.17, 15) is 14.7 Å². The van der Waals surface area contributed by atoms with E-state index in [0.29, 0.717) is 26.2 Å². The van der Waals surface area contributed by atoms with Crippen LogP contribution in [-0.2, 0) is 9.53 Å². The van der Waals surface area contributed by atoms with Gasteiger partial charge in [0.2, 0.25) is 0 Å². The van der Waals surface area contributed by atoms with E-state index in [1.807, 2.05) is 13.8 Å². The molecule has 2 aliphatic rings. The Kier molecular flexibility index (Phi) is 4.86. The minimum atomic E-state index is -0.898. The zero-order valence-electron chi connectivity index (χ0n) is 12.2. The van der Waals surface area contributed by atoms with Crippen molar-refractivity contribution in [1.29, 1.82) is 0 Å². The highest BCUT2D eigenvalue weighted by atomic mass is 16.5. The third-order valence-corrected chi connectivity index (χ3v) is 4.15. The monoisotopic (exact) mass is 284 g/mol. The molecular weight excluding hydrogens is 260 g/mol. The Labute approximate surface area is 119 Å². The zero-order chi connectivity index (χ0) is 14.7. The van der Waals surface area contributed by atoms with E-state index >= 15 is 0 Å². The fourth-order valence-corrected chi connectivity index (χ4v) is 3.13. The molecule has 20 heavy (non-hydrogen) atoms. The molecular formula is C14H24N2O4. The third-order valence-electron chi connectivity index (χ3n) is 4.15. The molecule has 2 heterocycles. The van der Waals surface area contributed by atoms with Crippen LogP contribution in [0.1, 0.15) is 33.1 Å². The molecule has 114 valence electrons. The van der Waals surface area contributed by atoms with Crippen LogP contribution >= 0.6 is 0 Å². The first-order valence-electron chi connectivity index (χ1n) is 7.40. The highest BCUT2D eigenvalue weighted by Crippen LogP contribution is 2.25. The lowest BCUT2D eigenvalue weighted by Crippen LogP contribution is -2.56. The number of ether oxygens (including phenoxy) is 1. The summed E-state index contributed by atoms with van der Waals surface area (Å²) in [5, 5.41) is 9.40. The number of urea groups is 1. The molecule has 2 amide bonds. The molecule has 0 aromatic carbocycles. The van der Waals surface area contributed by atoms with E-state index in [-0.39, 0.29) is 18.1 Å². The van der Waals surface area contributed by atoms with E-state index in [4.69, 9.17) is 4.74 Å². The smallest absolute Gasteiger partial charge is 0.326 e. The molecule has 2 saturated heterocycles. The van der Waals surface area contributed by atoms with Crippen LogP contribution in [0.25, 0.3) is 0 Å². The van der Waals surface area contributed by atoms with Crippen LogP contribution in [-0.4, -0.2) is 65.3 Å². The number of carbonyl (C=O) groups excluding carboxylic acids is 1. The zero-order valence-corrected chi connectivity index (χ0v) is 12.2. The van der Waals surface area contributed by atoms with Crippen LogP contribution < -0.4 is 0 Å². The average molecular weight is 284 g/mol. The van der Waals surface area contributed by atoms with Crippen LogP contribution in [0.15, 0.2) is 0 Å². The molecule has 6 heteroatoms. The van der Waals surface area contributed by atoms with Gasteiger partial charge in [0.1, 0.15) is 6.04 Å². The topological polar surface area (TPSA) is 70.1 Å². The number of hydrogen-bond acceptors (Lipinski definition) is 3. The summed E-state index contributed by atoms with van der Waals surface area (Å²) >= 11 is 0. The molecule has 0 aromatic heterocycles. The van der Waals surface area contributed by atoms with Crippen LogP contribution in [0, 0.1) is 5.92 Å². The van der Waals surface area contributed by atoms with Gasteiger partial charge in [0, 0.05) is 26.2 Å². The van der Waals surface area contributed by atoms with Crippen molar-refractivity contribution in [3.05, 3.63) is 0 Å². The lowest BCUT2D eigenvalue weighted by Gasteiger charge is -2.40. The van der Waals surface area contributed by atoms with Gasteiger partial charge < -0.3 is 19.6 Å². The summed E-state index contributed by atoms with van der Waals surface area (Å²) in [6.45, 7) is 6.22. The van der Waals surface area contributed by atoms with E-state index in [1.165, 1.54) is 4.90 Å². The number of carboxylic acid groups (broad SMARTS) is 1. The minimum Gasteiger partial charge on any atom is -0.480 e. The van der Waals surface area contributed by atoms with Crippen LogP contribution in [0.3, 0.4) is 0 Å². The Morgan fingerprint density at radius 2 is 1.95 bits per heavy atom. The normalized spacial score (nSPS) is 31.8. The van der Waals surface area contributed by atoms with Gasteiger partial charge in [-0.3, -0.25) is 0 Å². The van der Waals surface area contributed by atoms with Crippen molar-refractivity contribution < 1.29 is 19.4 Å². The van der Waals surface area contributed by atoms with Crippen molar-refractivity contribution in [3.8, 4) is 0 Å². The fourth-order valence-electron chi connectivity index (χ4n) is 3.13. The molecule has 2 aliphatic heterocycles. The first-order chi connectivity index (χ1) is 9.50. The Morgan fingerprint density at radius 3 is 2.65 bits per heavy atom. The van der Waals surface area contributed by atoms with E-state index < -0.39 is 12.0 Å². The van der Waals surface area contributed by atoms with E-state index in [2.05, 4.69) is 0 Å². The number of rotatable bonds is 1. The second-order valence-corrected chi connectivity index (χ2v) is 5.86. The van der Waals surface area contributed by atoms with Gasteiger partial charge >= 0.3 is 12.0 Å². The van der Waals surface area contributed by atoms with Gasteiger partial charge in [0.25, 0.3) is 0 Å². The summed E-state index contributed by atoms with van der Waals surface area (Å²) in [5.41, 5.74) is 0. The number of hydrogen-bond donors (Lipinski definition) is 1. The Bertz CT molecular complexity index is 374. The molecule has 0 aromatic rings. The van der Waals surface area contributed by atoms with Gasteiger partial charge in [-0.25, -0.2) is 9.59 Å². The molecule has 6 nitrogen and oxygen atoms in total. The number of carbonyl (C=O) groups is 2. The molecule has 1 N–H and O–H groups in total. The minimum absolute atomic E-state index is 0.00542. The quantitative estimate of drug-likeness (QED) is 0.790. The molecule has 2 fully saturated rings. The van der Waals surface area contributed by atoms with Crippen molar-refractivity contribution in [1.82, 2.24) is 9.80 Å². The molecule has 0 saturated carbocycles. The third kappa shape index (κ3) is 3.23. The summed E-state index contributed by atoms with van der Waals surface area (Å²) < 4.78 is 5.54. The number of carboxylic acids is 1. The predicted molar refractivity (Wildman–Crippen MR) is 73.5 cm³/mol. The lowest BCUT2D eigenvalue weighted by atomic mass is 9.91. The summed E-state index contributed by atoms with van der Waals surface area (Å²) in [6, 6.07) is -0.850. The average Bonchev–Trinajstić information content (AvgIpc) is 2.61. The number of aliphatic carboxylic acids is 1. The second-order valence-electron chi connectivity index (χ2n) is 5.86. The molecule has 0 radical (unpaired) electrons. The highest BCUT2D eigenvalue weighted by Gasteiger charge is 2.39. The first kappa shape index (κ1) is 15.1. The lowest BCUT2D eigenvalue weighted by molar-refractivity contribution is -0.145. The maximum absolute atomic E-state index is 12.6. The summed E-state index contributed by atoms with van der Waals surface area (Å²) in [5.74, 6) is -0.893. The molecule has 0 aliphatic carbocycles. The molecule has 3 atom stereocenters. The SMILES string of the molecule is CC1CN(C(=O)N2CCCC(C)C2C(=O)O)CCCO1. The molecule has 0 spiro atoms. The summed E-state index contributed by atoms with van der Waals surface area (Å²) in [7, 11) is 0. The standard InChI is InChI=1S/C14H24N2O4/c1-10-5-3-7-16(12(10)13(17)18)14(19)15-6-4-8-20-11(2)9-15/h10-12H,3-9H2,1-2H3,(H,17,18).